The number of hydrogen-bond acceptors (Lipinski definition) is 5. The van der Waals surface area contributed by atoms with Crippen LogP contribution < -0.4 is 5.32 Å². The first-order valence-electron chi connectivity index (χ1n) is 7.35. The maximum Gasteiger partial charge on any atom is 0.286 e. The van der Waals surface area contributed by atoms with E-state index in [1.807, 2.05) is 30.3 Å². The van der Waals surface area contributed by atoms with Crippen LogP contribution >= 0.6 is 11.8 Å². The van der Waals surface area contributed by atoms with Crippen LogP contribution in [-0.4, -0.2) is 48.2 Å². The summed E-state index contributed by atoms with van der Waals surface area (Å²) >= 11 is 1.40. The Labute approximate surface area is 138 Å². The van der Waals surface area contributed by atoms with Gasteiger partial charge in [0.05, 0.1) is 18.1 Å². The van der Waals surface area contributed by atoms with E-state index < -0.39 is 0 Å². The second-order valence-corrected chi connectivity index (χ2v) is 6.22. The van der Waals surface area contributed by atoms with Gasteiger partial charge < -0.3 is 15.0 Å². The molecule has 0 saturated carbocycles. The van der Waals surface area contributed by atoms with Crippen LogP contribution in [0.5, 0.6) is 0 Å². The van der Waals surface area contributed by atoms with E-state index in [0.29, 0.717) is 18.1 Å². The van der Waals surface area contributed by atoms with E-state index >= 15 is 0 Å². The predicted octanol–water partition coefficient (Wildman–Crippen LogP) is 1.95. The highest BCUT2D eigenvalue weighted by molar-refractivity contribution is 8.18. The van der Waals surface area contributed by atoms with Gasteiger partial charge in [0.1, 0.15) is 0 Å². The standard InChI is InChI=1S/C16H17N3O3S/c1-11(20)17-13-4-2-12(3-5-13)10-14-15(21)18-16(23-14)19-6-8-22-9-7-19/h2-5,10H,6-9H2,1H3,(H,17,20)/b14-10+. The van der Waals surface area contributed by atoms with Crippen molar-refractivity contribution in [1.82, 2.24) is 4.90 Å². The molecule has 0 spiro atoms. The van der Waals surface area contributed by atoms with E-state index in [2.05, 4.69) is 15.2 Å². The highest BCUT2D eigenvalue weighted by Gasteiger charge is 2.26. The molecule has 0 aliphatic carbocycles. The van der Waals surface area contributed by atoms with Crippen molar-refractivity contribution in [1.29, 1.82) is 0 Å². The number of benzene rings is 1. The minimum atomic E-state index is -0.206. The number of amidine groups is 1. The third-order valence-corrected chi connectivity index (χ3v) is 4.46. The maximum absolute atomic E-state index is 12.1. The first kappa shape index (κ1) is 15.8. The lowest BCUT2D eigenvalue weighted by Gasteiger charge is -2.27. The van der Waals surface area contributed by atoms with Crippen LogP contribution in [0.4, 0.5) is 5.69 Å². The van der Waals surface area contributed by atoms with E-state index in [0.717, 1.165) is 29.5 Å². The zero-order valence-electron chi connectivity index (χ0n) is 12.7. The molecule has 1 aromatic carbocycles. The average Bonchev–Trinajstić information content (AvgIpc) is 2.91. The number of ether oxygens (including phenoxy) is 1. The molecule has 1 fully saturated rings. The summed E-state index contributed by atoms with van der Waals surface area (Å²) in [6.45, 7) is 4.32. The van der Waals surface area contributed by atoms with Crippen molar-refractivity contribution in [2.45, 2.75) is 6.92 Å². The number of thioether (sulfide) groups is 1. The largest absolute Gasteiger partial charge is 0.378 e. The molecule has 1 aromatic rings. The van der Waals surface area contributed by atoms with Gasteiger partial charge in [-0.1, -0.05) is 12.1 Å². The Morgan fingerprint density at radius 2 is 2.00 bits per heavy atom. The SMILES string of the molecule is CC(=O)Nc1ccc(/C=C2/SC(N3CCOCC3)=NC2=O)cc1. The lowest BCUT2D eigenvalue weighted by molar-refractivity contribution is -0.114. The highest BCUT2D eigenvalue weighted by Crippen LogP contribution is 2.30. The van der Waals surface area contributed by atoms with Crippen molar-refractivity contribution in [3.05, 3.63) is 34.7 Å². The van der Waals surface area contributed by atoms with Gasteiger partial charge in [-0.15, -0.1) is 0 Å². The van der Waals surface area contributed by atoms with Gasteiger partial charge in [0.25, 0.3) is 5.91 Å². The fourth-order valence-electron chi connectivity index (χ4n) is 2.31. The summed E-state index contributed by atoms with van der Waals surface area (Å²) in [4.78, 5) is 29.9. The van der Waals surface area contributed by atoms with Gasteiger partial charge in [0.2, 0.25) is 5.91 Å². The Hall–Kier alpha value is -2.12. The van der Waals surface area contributed by atoms with Gasteiger partial charge in [0, 0.05) is 25.7 Å². The topological polar surface area (TPSA) is 71.0 Å². The van der Waals surface area contributed by atoms with Crippen LogP contribution in [0.1, 0.15) is 12.5 Å². The van der Waals surface area contributed by atoms with E-state index in [9.17, 15) is 9.59 Å². The molecule has 120 valence electrons. The zero-order valence-corrected chi connectivity index (χ0v) is 13.6. The first-order valence-corrected chi connectivity index (χ1v) is 8.16. The monoisotopic (exact) mass is 331 g/mol. The van der Waals surface area contributed by atoms with Gasteiger partial charge in [0.15, 0.2) is 5.17 Å². The quantitative estimate of drug-likeness (QED) is 0.839. The van der Waals surface area contributed by atoms with Crippen LogP contribution in [0.25, 0.3) is 6.08 Å². The molecule has 0 unspecified atom stereocenters. The van der Waals surface area contributed by atoms with Gasteiger partial charge in [-0.25, -0.2) is 0 Å². The van der Waals surface area contributed by atoms with Crippen LogP contribution in [0.3, 0.4) is 0 Å². The molecule has 23 heavy (non-hydrogen) atoms. The maximum atomic E-state index is 12.1. The number of morpholine rings is 1. The number of nitrogens with one attached hydrogen (secondary N) is 1. The predicted molar refractivity (Wildman–Crippen MR) is 91.1 cm³/mol. The minimum Gasteiger partial charge on any atom is -0.378 e. The molecule has 2 aliphatic rings. The molecule has 0 atom stereocenters. The molecule has 7 heteroatoms. The Bertz CT molecular complexity index is 676. The van der Waals surface area contributed by atoms with E-state index in [1.165, 1.54) is 18.7 Å². The van der Waals surface area contributed by atoms with Crippen molar-refractivity contribution < 1.29 is 14.3 Å². The molecule has 0 radical (unpaired) electrons. The van der Waals surface area contributed by atoms with E-state index in [4.69, 9.17) is 4.74 Å². The molecule has 2 amide bonds. The average molecular weight is 331 g/mol. The summed E-state index contributed by atoms with van der Waals surface area (Å²) in [7, 11) is 0. The van der Waals surface area contributed by atoms with Crippen LogP contribution in [0, 0.1) is 0 Å². The summed E-state index contributed by atoms with van der Waals surface area (Å²) < 4.78 is 5.31. The number of anilines is 1. The van der Waals surface area contributed by atoms with Crippen LogP contribution in [0.2, 0.25) is 0 Å². The van der Waals surface area contributed by atoms with Crippen molar-refractivity contribution in [2.75, 3.05) is 31.6 Å². The smallest absolute Gasteiger partial charge is 0.286 e. The van der Waals surface area contributed by atoms with Crippen LogP contribution in [0.15, 0.2) is 34.2 Å². The second-order valence-electron chi connectivity index (χ2n) is 5.21. The molecule has 1 N–H and O–H groups in total. The number of hydrogen-bond donors (Lipinski definition) is 1. The van der Waals surface area contributed by atoms with Crippen LogP contribution in [-0.2, 0) is 14.3 Å². The third-order valence-electron chi connectivity index (χ3n) is 3.42. The summed E-state index contributed by atoms with van der Waals surface area (Å²) in [5.41, 5.74) is 1.63. The first-order chi connectivity index (χ1) is 11.1. The number of aliphatic imine (C=N–C) groups is 1. The Balaban J connectivity index is 1.68. The normalized spacial score (nSPS) is 19.9. The fraction of sp³-hybridized carbons (Fsp3) is 0.312. The van der Waals surface area contributed by atoms with Crippen molar-refractivity contribution >= 4 is 40.5 Å². The second kappa shape index (κ2) is 6.97. The molecule has 2 aliphatic heterocycles. The molecule has 2 heterocycles. The highest BCUT2D eigenvalue weighted by atomic mass is 32.2. The number of nitrogens with zero attached hydrogens (tertiary/aromatic N) is 2. The van der Waals surface area contributed by atoms with Crippen molar-refractivity contribution in [2.24, 2.45) is 4.99 Å². The number of carbonyl (C=O) groups is 2. The van der Waals surface area contributed by atoms with Gasteiger partial charge >= 0.3 is 0 Å². The zero-order chi connectivity index (χ0) is 16.2. The fourth-order valence-corrected chi connectivity index (χ4v) is 3.27. The Morgan fingerprint density at radius 3 is 2.65 bits per heavy atom. The Morgan fingerprint density at radius 1 is 1.30 bits per heavy atom. The molecule has 0 bridgehead atoms. The lowest BCUT2D eigenvalue weighted by Crippen LogP contribution is -2.38. The van der Waals surface area contributed by atoms with Gasteiger partial charge in [-0.3, -0.25) is 9.59 Å². The van der Waals surface area contributed by atoms with Crippen molar-refractivity contribution in [3.63, 3.8) is 0 Å². The van der Waals surface area contributed by atoms with Gasteiger partial charge in [-0.2, -0.15) is 4.99 Å². The lowest BCUT2D eigenvalue weighted by atomic mass is 10.2. The summed E-state index contributed by atoms with van der Waals surface area (Å²) in [6, 6.07) is 7.33. The van der Waals surface area contributed by atoms with E-state index in [-0.39, 0.29) is 11.8 Å². The van der Waals surface area contributed by atoms with Gasteiger partial charge in [-0.05, 0) is 35.5 Å². The summed E-state index contributed by atoms with van der Waals surface area (Å²) in [5.74, 6) is -0.316. The van der Waals surface area contributed by atoms with Crippen molar-refractivity contribution in [3.8, 4) is 0 Å². The third kappa shape index (κ3) is 4.00. The molecule has 0 aromatic heterocycles. The minimum absolute atomic E-state index is 0.110. The summed E-state index contributed by atoms with van der Waals surface area (Å²) in [6.07, 6.45) is 1.82. The molecule has 3 rings (SSSR count). The molecular formula is C16H17N3O3S. The molecule has 1 saturated heterocycles. The number of carbonyl (C=O) groups excluding carboxylic acids is 2. The summed E-state index contributed by atoms with van der Waals surface area (Å²) in [5, 5.41) is 3.46. The number of rotatable bonds is 2. The Kier molecular flexibility index (Phi) is 4.78. The molecule has 6 nitrogen and oxygen atoms in total. The van der Waals surface area contributed by atoms with E-state index in [1.54, 1.807) is 0 Å². The number of amides is 2. The molecular weight excluding hydrogens is 314 g/mol.